The van der Waals surface area contributed by atoms with Gasteiger partial charge in [-0.15, -0.1) is 0 Å². The summed E-state index contributed by atoms with van der Waals surface area (Å²) >= 11 is 0. The van der Waals surface area contributed by atoms with E-state index in [0.29, 0.717) is 6.04 Å². The van der Waals surface area contributed by atoms with Crippen LogP contribution in [0.1, 0.15) is 59.9 Å². The number of rotatable bonds is 7. The van der Waals surface area contributed by atoms with Crippen molar-refractivity contribution in [3.8, 4) is 5.75 Å². The number of nitrogens with one attached hydrogen (secondary N) is 1. The highest BCUT2D eigenvalue weighted by Crippen LogP contribution is 2.24. The van der Waals surface area contributed by atoms with Gasteiger partial charge in [-0.25, -0.2) is 0 Å². The first-order chi connectivity index (χ1) is 9.32. The number of ether oxygens (including phenoxy) is 1. The molecule has 2 atom stereocenters. The van der Waals surface area contributed by atoms with Gasteiger partial charge in [0.15, 0.2) is 0 Å². The van der Waals surface area contributed by atoms with Crippen LogP contribution in [0.15, 0.2) is 24.3 Å². The van der Waals surface area contributed by atoms with E-state index in [1.165, 1.54) is 12.0 Å². The van der Waals surface area contributed by atoms with Gasteiger partial charge in [-0.1, -0.05) is 39.8 Å². The third-order valence-electron chi connectivity index (χ3n) is 3.49. The van der Waals surface area contributed by atoms with Gasteiger partial charge in [0.2, 0.25) is 0 Å². The first kappa shape index (κ1) is 17.0. The first-order valence-corrected chi connectivity index (χ1v) is 7.83. The SMILES string of the molecule is CCCNC(C)CC(C)Oc1ccc(C(C)(C)C)cc1. The summed E-state index contributed by atoms with van der Waals surface area (Å²) < 4.78 is 5.99. The van der Waals surface area contributed by atoms with Crippen LogP contribution in [-0.2, 0) is 5.41 Å². The molecule has 114 valence electrons. The smallest absolute Gasteiger partial charge is 0.119 e. The van der Waals surface area contributed by atoms with Crippen LogP contribution in [-0.4, -0.2) is 18.7 Å². The lowest BCUT2D eigenvalue weighted by Gasteiger charge is -2.22. The monoisotopic (exact) mass is 277 g/mol. The normalized spacial score (nSPS) is 14.9. The van der Waals surface area contributed by atoms with Crippen molar-refractivity contribution in [3.63, 3.8) is 0 Å². The highest BCUT2D eigenvalue weighted by atomic mass is 16.5. The molecule has 0 aliphatic rings. The zero-order valence-corrected chi connectivity index (χ0v) is 14.0. The van der Waals surface area contributed by atoms with E-state index in [1.54, 1.807) is 0 Å². The van der Waals surface area contributed by atoms with E-state index < -0.39 is 0 Å². The van der Waals surface area contributed by atoms with Crippen molar-refractivity contribution in [1.29, 1.82) is 0 Å². The minimum Gasteiger partial charge on any atom is -0.491 e. The molecule has 0 aliphatic heterocycles. The summed E-state index contributed by atoms with van der Waals surface area (Å²) in [6.07, 6.45) is 2.43. The Hall–Kier alpha value is -1.02. The van der Waals surface area contributed by atoms with Crippen LogP contribution in [0.4, 0.5) is 0 Å². The van der Waals surface area contributed by atoms with Crippen molar-refractivity contribution in [2.24, 2.45) is 0 Å². The van der Waals surface area contributed by atoms with Crippen LogP contribution >= 0.6 is 0 Å². The third kappa shape index (κ3) is 5.96. The molecule has 0 saturated heterocycles. The van der Waals surface area contributed by atoms with E-state index in [2.05, 4.69) is 71.1 Å². The van der Waals surface area contributed by atoms with Crippen LogP contribution in [0, 0.1) is 0 Å². The van der Waals surface area contributed by atoms with Crippen LogP contribution in [0.3, 0.4) is 0 Å². The molecule has 0 spiro atoms. The maximum Gasteiger partial charge on any atom is 0.119 e. The molecular formula is C18H31NO. The molecule has 0 radical (unpaired) electrons. The molecule has 1 rings (SSSR count). The Kier molecular flexibility index (Phi) is 6.54. The number of benzene rings is 1. The summed E-state index contributed by atoms with van der Waals surface area (Å²) in [5.74, 6) is 0.966. The lowest BCUT2D eigenvalue weighted by Crippen LogP contribution is -2.31. The van der Waals surface area contributed by atoms with Crippen LogP contribution in [0.25, 0.3) is 0 Å². The van der Waals surface area contributed by atoms with Crippen LogP contribution in [0.5, 0.6) is 5.75 Å². The van der Waals surface area contributed by atoms with Crippen molar-refractivity contribution in [3.05, 3.63) is 29.8 Å². The summed E-state index contributed by atoms with van der Waals surface area (Å²) in [6.45, 7) is 14.3. The third-order valence-corrected chi connectivity index (χ3v) is 3.49. The fraction of sp³-hybridized carbons (Fsp3) is 0.667. The largest absolute Gasteiger partial charge is 0.491 e. The molecule has 0 bridgehead atoms. The molecule has 1 aromatic rings. The molecule has 20 heavy (non-hydrogen) atoms. The van der Waals surface area contributed by atoms with Gasteiger partial charge >= 0.3 is 0 Å². The van der Waals surface area contributed by atoms with Crippen molar-refractivity contribution in [2.45, 2.75) is 71.9 Å². The predicted molar refractivity (Wildman–Crippen MR) is 87.6 cm³/mol. The Morgan fingerprint density at radius 2 is 1.70 bits per heavy atom. The van der Waals surface area contributed by atoms with Gasteiger partial charge in [0.1, 0.15) is 5.75 Å². The zero-order valence-electron chi connectivity index (χ0n) is 14.0. The second kappa shape index (κ2) is 7.68. The standard InChI is InChI=1S/C18H31NO/c1-7-12-19-14(2)13-15(3)20-17-10-8-16(9-11-17)18(4,5)6/h8-11,14-15,19H,7,12-13H2,1-6H3. The van der Waals surface area contributed by atoms with Gasteiger partial charge in [-0.05, 0) is 56.3 Å². The predicted octanol–water partition coefficient (Wildman–Crippen LogP) is 4.53. The molecule has 2 heteroatoms. The lowest BCUT2D eigenvalue weighted by atomic mass is 9.87. The van der Waals surface area contributed by atoms with E-state index in [1.807, 2.05) is 0 Å². The Balaban J connectivity index is 2.48. The minimum absolute atomic E-state index is 0.197. The molecule has 0 fully saturated rings. The number of hydrogen-bond donors (Lipinski definition) is 1. The molecule has 1 N–H and O–H groups in total. The van der Waals surface area contributed by atoms with Gasteiger partial charge in [-0.3, -0.25) is 0 Å². The van der Waals surface area contributed by atoms with Gasteiger partial charge < -0.3 is 10.1 Å². The molecule has 0 heterocycles. The maximum absolute atomic E-state index is 5.99. The molecule has 2 nitrogen and oxygen atoms in total. The molecule has 0 aliphatic carbocycles. The molecule has 2 unspecified atom stereocenters. The quantitative estimate of drug-likeness (QED) is 0.790. The minimum atomic E-state index is 0.197. The van der Waals surface area contributed by atoms with E-state index in [4.69, 9.17) is 4.74 Å². The average molecular weight is 277 g/mol. The Morgan fingerprint density at radius 1 is 1.10 bits per heavy atom. The van der Waals surface area contributed by atoms with E-state index >= 15 is 0 Å². The molecular weight excluding hydrogens is 246 g/mol. The topological polar surface area (TPSA) is 21.3 Å². The molecule has 0 aromatic heterocycles. The van der Waals surface area contributed by atoms with Crippen molar-refractivity contribution < 1.29 is 4.74 Å². The van der Waals surface area contributed by atoms with E-state index in [9.17, 15) is 0 Å². The fourth-order valence-corrected chi connectivity index (χ4v) is 2.29. The summed E-state index contributed by atoms with van der Waals surface area (Å²) in [5.41, 5.74) is 1.54. The first-order valence-electron chi connectivity index (χ1n) is 7.83. The van der Waals surface area contributed by atoms with E-state index in [-0.39, 0.29) is 11.5 Å². The summed E-state index contributed by atoms with van der Waals surface area (Å²) in [4.78, 5) is 0. The second-order valence-corrected chi connectivity index (χ2v) is 6.79. The fourth-order valence-electron chi connectivity index (χ4n) is 2.29. The zero-order chi connectivity index (χ0) is 15.2. The van der Waals surface area contributed by atoms with Crippen LogP contribution < -0.4 is 10.1 Å². The Morgan fingerprint density at radius 3 is 2.20 bits per heavy atom. The van der Waals surface area contributed by atoms with Gasteiger partial charge in [-0.2, -0.15) is 0 Å². The molecule has 0 amide bonds. The lowest BCUT2D eigenvalue weighted by molar-refractivity contribution is 0.196. The van der Waals surface area contributed by atoms with E-state index in [0.717, 1.165) is 18.7 Å². The Labute approximate surface area is 124 Å². The van der Waals surface area contributed by atoms with Crippen molar-refractivity contribution >= 4 is 0 Å². The highest BCUT2D eigenvalue weighted by Gasteiger charge is 2.14. The van der Waals surface area contributed by atoms with Crippen LogP contribution in [0.2, 0.25) is 0 Å². The highest BCUT2D eigenvalue weighted by molar-refractivity contribution is 5.31. The summed E-state index contributed by atoms with van der Waals surface area (Å²) in [5, 5.41) is 3.50. The van der Waals surface area contributed by atoms with Gasteiger partial charge in [0.25, 0.3) is 0 Å². The molecule has 1 aromatic carbocycles. The summed E-state index contributed by atoms with van der Waals surface area (Å²) in [6, 6.07) is 9.00. The van der Waals surface area contributed by atoms with Crippen molar-refractivity contribution in [1.82, 2.24) is 5.32 Å². The maximum atomic E-state index is 5.99. The van der Waals surface area contributed by atoms with Crippen molar-refractivity contribution in [2.75, 3.05) is 6.54 Å². The number of hydrogen-bond acceptors (Lipinski definition) is 2. The Bertz CT molecular complexity index is 377. The average Bonchev–Trinajstić information content (AvgIpc) is 2.35. The molecule has 0 saturated carbocycles. The summed E-state index contributed by atoms with van der Waals surface area (Å²) in [7, 11) is 0. The van der Waals surface area contributed by atoms with Gasteiger partial charge in [0.05, 0.1) is 6.10 Å². The second-order valence-electron chi connectivity index (χ2n) is 6.79. The van der Waals surface area contributed by atoms with Gasteiger partial charge in [0, 0.05) is 6.04 Å².